The van der Waals surface area contributed by atoms with Crippen molar-refractivity contribution in [2.75, 3.05) is 0 Å². The highest BCUT2D eigenvalue weighted by molar-refractivity contribution is 7.13. The topological polar surface area (TPSA) is 81.3 Å². The van der Waals surface area contributed by atoms with E-state index < -0.39 is 5.41 Å². The Hall–Kier alpha value is -2.71. The first-order valence-corrected chi connectivity index (χ1v) is 11.1. The van der Waals surface area contributed by atoms with E-state index in [4.69, 9.17) is 4.42 Å². The molecule has 3 aromatic heterocycles. The maximum absolute atomic E-state index is 13.0. The van der Waals surface area contributed by atoms with E-state index in [1.165, 1.54) is 28.2 Å². The van der Waals surface area contributed by atoms with Gasteiger partial charge in [0.2, 0.25) is 5.91 Å². The zero-order valence-corrected chi connectivity index (χ0v) is 19.0. The first-order valence-electron chi connectivity index (χ1n) is 9.46. The summed E-state index contributed by atoms with van der Waals surface area (Å²) in [5.41, 5.74) is -0.867. The lowest BCUT2D eigenvalue weighted by molar-refractivity contribution is -0.122. The van der Waals surface area contributed by atoms with Crippen LogP contribution in [-0.4, -0.2) is 16.3 Å². The molecule has 0 saturated carbocycles. The summed E-state index contributed by atoms with van der Waals surface area (Å²) in [6, 6.07) is 7.43. The SMILES string of the molecule is Cc1ccc(/C=c2\s/c(=C\C(=O)C(C)(C)C)n(CC(=O)NCc3ccco3)c2=O)s1. The molecule has 0 aliphatic heterocycles. The number of aromatic nitrogens is 1. The molecule has 0 spiro atoms. The highest BCUT2D eigenvalue weighted by Gasteiger charge is 2.20. The Bertz CT molecular complexity index is 1220. The van der Waals surface area contributed by atoms with Gasteiger partial charge in [0.25, 0.3) is 5.56 Å². The quantitative estimate of drug-likeness (QED) is 0.633. The number of hydrogen-bond donors (Lipinski definition) is 1. The third-order valence-electron chi connectivity index (χ3n) is 4.31. The zero-order chi connectivity index (χ0) is 21.9. The summed E-state index contributed by atoms with van der Waals surface area (Å²) >= 11 is 2.80. The summed E-state index contributed by atoms with van der Waals surface area (Å²) in [6.07, 6.45) is 4.80. The number of ketones is 1. The normalized spacial score (nSPS) is 13.1. The van der Waals surface area contributed by atoms with Crippen molar-refractivity contribution in [2.45, 2.75) is 40.8 Å². The summed E-state index contributed by atoms with van der Waals surface area (Å²) in [5, 5.41) is 2.74. The van der Waals surface area contributed by atoms with Gasteiger partial charge in [0.05, 0.1) is 17.3 Å². The van der Waals surface area contributed by atoms with Crippen molar-refractivity contribution < 1.29 is 14.0 Å². The van der Waals surface area contributed by atoms with Crippen molar-refractivity contribution in [3.05, 3.63) is 65.6 Å². The minimum Gasteiger partial charge on any atom is -0.467 e. The van der Waals surface area contributed by atoms with Crippen LogP contribution < -0.4 is 20.1 Å². The molecule has 30 heavy (non-hydrogen) atoms. The van der Waals surface area contributed by atoms with E-state index in [0.717, 1.165) is 9.75 Å². The fourth-order valence-electron chi connectivity index (χ4n) is 2.58. The van der Waals surface area contributed by atoms with Crippen LogP contribution in [0.5, 0.6) is 0 Å². The van der Waals surface area contributed by atoms with Crippen molar-refractivity contribution in [2.24, 2.45) is 5.41 Å². The minimum absolute atomic E-state index is 0.105. The van der Waals surface area contributed by atoms with Crippen LogP contribution in [0.1, 0.15) is 36.3 Å². The number of hydrogen-bond acceptors (Lipinski definition) is 6. The van der Waals surface area contributed by atoms with Gasteiger partial charge in [0.15, 0.2) is 5.78 Å². The molecule has 1 amide bonds. The van der Waals surface area contributed by atoms with Gasteiger partial charge in [0.1, 0.15) is 17.0 Å². The van der Waals surface area contributed by atoms with Crippen LogP contribution in [0.2, 0.25) is 0 Å². The predicted octanol–water partition coefficient (Wildman–Crippen LogP) is 2.41. The molecule has 158 valence electrons. The maximum Gasteiger partial charge on any atom is 0.269 e. The van der Waals surface area contributed by atoms with Gasteiger partial charge in [0, 0.05) is 21.2 Å². The van der Waals surface area contributed by atoms with E-state index in [2.05, 4.69) is 5.32 Å². The molecule has 0 unspecified atom stereocenters. The van der Waals surface area contributed by atoms with E-state index in [9.17, 15) is 14.4 Å². The van der Waals surface area contributed by atoms with Gasteiger partial charge in [-0.15, -0.1) is 22.7 Å². The Balaban J connectivity index is 1.97. The molecule has 8 heteroatoms. The fraction of sp³-hybridized carbons (Fsp3) is 0.318. The fourth-order valence-corrected chi connectivity index (χ4v) is 4.51. The van der Waals surface area contributed by atoms with E-state index in [1.807, 2.05) is 39.8 Å². The van der Waals surface area contributed by atoms with E-state index in [0.29, 0.717) is 15.0 Å². The van der Waals surface area contributed by atoms with Gasteiger partial charge >= 0.3 is 0 Å². The van der Waals surface area contributed by atoms with Crippen LogP contribution >= 0.6 is 22.7 Å². The Kier molecular flexibility index (Phi) is 6.58. The van der Waals surface area contributed by atoms with E-state index in [1.54, 1.807) is 29.5 Å². The lowest BCUT2D eigenvalue weighted by Crippen LogP contribution is -2.38. The van der Waals surface area contributed by atoms with Crippen molar-refractivity contribution in [1.82, 2.24) is 9.88 Å². The van der Waals surface area contributed by atoms with Gasteiger partial charge < -0.3 is 9.73 Å². The lowest BCUT2D eigenvalue weighted by atomic mass is 9.91. The second kappa shape index (κ2) is 8.97. The molecular formula is C22H24N2O4S2. The minimum atomic E-state index is -0.582. The number of carbonyl (C=O) groups is 2. The number of nitrogens with one attached hydrogen (secondary N) is 1. The van der Waals surface area contributed by atoms with E-state index >= 15 is 0 Å². The van der Waals surface area contributed by atoms with Crippen molar-refractivity contribution >= 4 is 46.5 Å². The lowest BCUT2D eigenvalue weighted by Gasteiger charge is -2.12. The standard InChI is InChI=1S/C22H24N2O4S2/c1-14-7-8-16(29-14)10-17-21(27)24(20(30-17)11-18(25)22(2,3)4)13-19(26)23-12-15-6-5-9-28-15/h5-11H,12-13H2,1-4H3,(H,23,26)/b17-10-,20-11-. The van der Waals surface area contributed by atoms with E-state index in [-0.39, 0.29) is 30.3 Å². The highest BCUT2D eigenvalue weighted by atomic mass is 32.1. The average Bonchev–Trinajstić information content (AvgIpc) is 3.38. The smallest absolute Gasteiger partial charge is 0.269 e. The van der Waals surface area contributed by atoms with Gasteiger partial charge in [-0.25, -0.2) is 0 Å². The van der Waals surface area contributed by atoms with Crippen LogP contribution in [-0.2, 0) is 22.7 Å². The zero-order valence-electron chi connectivity index (χ0n) is 17.4. The average molecular weight is 445 g/mol. The van der Waals surface area contributed by atoms with Crippen LogP contribution in [0.3, 0.4) is 0 Å². The molecule has 1 N–H and O–H groups in total. The summed E-state index contributed by atoms with van der Waals surface area (Å²) in [4.78, 5) is 40.1. The molecule has 6 nitrogen and oxygen atoms in total. The summed E-state index contributed by atoms with van der Waals surface area (Å²) in [7, 11) is 0. The molecular weight excluding hydrogens is 420 g/mol. The Morgan fingerprint density at radius 1 is 1.20 bits per heavy atom. The molecule has 3 rings (SSSR count). The number of aryl methyl sites for hydroxylation is 1. The van der Waals surface area contributed by atoms with Gasteiger partial charge in [-0.3, -0.25) is 19.0 Å². The molecule has 0 aliphatic rings. The third-order valence-corrected chi connectivity index (χ3v) is 6.31. The molecule has 0 aliphatic carbocycles. The Labute approximate surface area is 182 Å². The Morgan fingerprint density at radius 3 is 2.57 bits per heavy atom. The monoisotopic (exact) mass is 444 g/mol. The number of Topliss-reactive ketones (excluding diaryl/α,β-unsaturated/α-hetero) is 1. The molecule has 3 aromatic rings. The maximum atomic E-state index is 13.0. The number of nitrogens with zero attached hydrogens (tertiary/aromatic N) is 1. The van der Waals surface area contributed by atoms with Crippen LogP contribution in [0.4, 0.5) is 0 Å². The Morgan fingerprint density at radius 2 is 1.97 bits per heavy atom. The number of furan rings is 1. The van der Waals surface area contributed by atoms with Crippen molar-refractivity contribution in [3.63, 3.8) is 0 Å². The van der Waals surface area contributed by atoms with Gasteiger partial charge in [-0.2, -0.15) is 0 Å². The number of thiophene rings is 1. The summed E-state index contributed by atoms with van der Waals surface area (Å²) in [5.74, 6) is 0.187. The summed E-state index contributed by atoms with van der Waals surface area (Å²) < 4.78 is 7.52. The molecule has 0 radical (unpaired) electrons. The van der Waals surface area contributed by atoms with Crippen molar-refractivity contribution in [3.8, 4) is 0 Å². The second-order valence-corrected chi connectivity index (χ2v) is 10.3. The number of rotatable bonds is 6. The number of thiazole rings is 1. The van der Waals surface area contributed by atoms with Crippen LogP contribution in [0, 0.1) is 12.3 Å². The molecule has 0 saturated heterocycles. The summed E-state index contributed by atoms with van der Waals surface area (Å²) in [6.45, 7) is 7.52. The van der Waals surface area contributed by atoms with Crippen LogP contribution in [0.25, 0.3) is 12.2 Å². The largest absolute Gasteiger partial charge is 0.467 e. The first kappa shape index (κ1) is 22.0. The van der Waals surface area contributed by atoms with Crippen LogP contribution in [0.15, 0.2) is 39.7 Å². The van der Waals surface area contributed by atoms with Gasteiger partial charge in [-0.1, -0.05) is 20.8 Å². The predicted molar refractivity (Wildman–Crippen MR) is 120 cm³/mol. The van der Waals surface area contributed by atoms with Crippen molar-refractivity contribution in [1.29, 1.82) is 0 Å². The highest BCUT2D eigenvalue weighted by Crippen LogP contribution is 2.16. The second-order valence-electron chi connectivity index (χ2n) is 7.90. The molecule has 0 atom stereocenters. The molecule has 3 heterocycles. The molecule has 0 bridgehead atoms. The number of amides is 1. The first-order chi connectivity index (χ1) is 14.1. The molecule has 0 fully saturated rings. The third kappa shape index (κ3) is 5.46. The van der Waals surface area contributed by atoms with Gasteiger partial charge in [-0.05, 0) is 37.3 Å². The number of carbonyl (C=O) groups excluding carboxylic acids is 2. The molecule has 0 aromatic carbocycles.